The Labute approximate surface area is 156 Å². The summed E-state index contributed by atoms with van der Waals surface area (Å²) in [5, 5.41) is 4.23. The number of rotatable bonds is 2. The van der Waals surface area contributed by atoms with E-state index in [-0.39, 0.29) is 24.1 Å². The Kier molecular flexibility index (Phi) is 4.13. The van der Waals surface area contributed by atoms with Gasteiger partial charge in [-0.1, -0.05) is 0 Å². The molecule has 4 heterocycles. The van der Waals surface area contributed by atoms with Gasteiger partial charge in [0, 0.05) is 30.6 Å². The Bertz CT molecular complexity index is 1040. The van der Waals surface area contributed by atoms with E-state index in [0.29, 0.717) is 17.3 Å². The lowest BCUT2D eigenvalue weighted by Gasteiger charge is -2.31. The van der Waals surface area contributed by atoms with Crippen molar-refractivity contribution in [3.05, 3.63) is 60.1 Å². The fraction of sp³-hybridized carbons (Fsp3) is 0.222. The number of anilines is 1. The van der Waals surface area contributed by atoms with Crippen LogP contribution in [0.15, 0.2) is 42.9 Å². The average molecular weight is 391 g/mol. The maximum Gasteiger partial charge on any atom is 0.417 e. The van der Waals surface area contributed by atoms with Gasteiger partial charge in [-0.3, -0.25) is 14.4 Å². The minimum Gasteiger partial charge on any atom is -0.289 e. The van der Waals surface area contributed by atoms with Crippen LogP contribution >= 0.6 is 0 Å². The van der Waals surface area contributed by atoms with Crippen LogP contribution < -0.4 is 4.90 Å². The maximum atomic E-state index is 13.5. The van der Waals surface area contributed by atoms with Crippen molar-refractivity contribution in [3.8, 4) is 11.1 Å². The molecule has 1 atom stereocenters. The molecule has 0 bridgehead atoms. The molecule has 4 rings (SSSR count). The van der Waals surface area contributed by atoms with E-state index in [0.717, 1.165) is 12.1 Å². The largest absolute Gasteiger partial charge is 0.417 e. The van der Waals surface area contributed by atoms with Crippen LogP contribution in [0.2, 0.25) is 0 Å². The molecule has 144 valence electrons. The van der Waals surface area contributed by atoms with E-state index in [9.17, 15) is 22.4 Å². The van der Waals surface area contributed by atoms with E-state index >= 15 is 0 Å². The smallest absolute Gasteiger partial charge is 0.289 e. The van der Waals surface area contributed by atoms with Crippen molar-refractivity contribution < 1.29 is 22.4 Å². The summed E-state index contributed by atoms with van der Waals surface area (Å²) in [6, 6.07) is 4.52. The van der Waals surface area contributed by atoms with E-state index in [1.165, 1.54) is 28.0 Å². The fourth-order valence-electron chi connectivity index (χ4n) is 3.15. The van der Waals surface area contributed by atoms with Gasteiger partial charge in [0.2, 0.25) is 5.95 Å². The molecule has 0 spiro atoms. The first-order valence-corrected chi connectivity index (χ1v) is 8.30. The van der Waals surface area contributed by atoms with E-state index < -0.39 is 23.6 Å². The molecule has 0 aliphatic carbocycles. The summed E-state index contributed by atoms with van der Waals surface area (Å²) in [7, 11) is 0. The number of fused-ring (bicyclic) bond motifs is 1. The summed E-state index contributed by atoms with van der Waals surface area (Å²) in [5.41, 5.74) is 0.157. The average Bonchev–Trinajstić information content (AvgIpc) is 3.10. The molecule has 28 heavy (non-hydrogen) atoms. The molecule has 0 fully saturated rings. The minimum absolute atomic E-state index is 0.101. The molecule has 6 nitrogen and oxygen atoms in total. The van der Waals surface area contributed by atoms with Crippen molar-refractivity contribution in [1.29, 1.82) is 0 Å². The van der Waals surface area contributed by atoms with Crippen LogP contribution in [0.4, 0.5) is 23.4 Å². The molecule has 1 amide bonds. The summed E-state index contributed by atoms with van der Waals surface area (Å²) in [6.45, 7) is 2.01. The molecule has 1 aliphatic rings. The number of amides is 1. The molecule has 0 aromatic carbocycles. The van der Waals surface area contributed by atoms with E-state index in [1.54, 1.807) is 6.07 Å². The predicted molar refractivity (Wildman–Crippen MR) is 91.0 cm³/mol. The van der Waals surface area contributed by atoms with Crippen molar-refractivity contribution in [3.63, 3.8) is 0 Å². The summed E-state index contributed by atoms with van der Waals surface area (Å²) in [4.78, 5) is 21.7. The van der Waals surface area contributed by atoms with Gasteiger partial charge in [-0.15, -0.1) is 0 Å². The molecule has 1 aliphatic heterocycles. The summed E-state index contributed by atoms with van der Waals surface area (Å²) in [6.07, 6.45) is -1.08. The van der Waals surface area contributed by atoms with Crippen LogP contribution in [0.3, 0.4) is 0 Å². The Balaban J connectivity index is 1.75. The van der Waals surface area contributed by atoms with Crippen LogP contribution in [-0.2, 0) is 6.18 Å². The SMILES string of the molecule is C[C@H]1CN(c2ccc(C(F)(F)F)cn2)C(=O)c2c(-c3ccnc(F)c3)cnn21. The highest BCUT2D eigenvalue weighted by atomic mass is 19.4. The van der Waals surface area contributed by atoms with Crippen molar-refractivity contribution in [1.82, 2.24) is 19.7 Å². The van der Waals surface area contributed by atoms with Crippen molar-refractivity contribution in [2.45, 2.75) is 19.1 Å². The molecule has 0 N–H and O–H groups in total. The number of nitrogens with zero attached hydrogens (tertiary/aromatic N) is 5. The second kappa shape index (κ2) is 6.39. The maximum absolute atomic E-state index is 13.5. The third-order valence-electron chi connectivity index (χ3n) is 4.50. The molecule has 3 aromatic rings. The third kappa shape index (κ3) is 3.00. The van der Waals surface area contributed by atoms with Gasteiger partial charge in [-0.05, 0) is 30.7 Å². The van der Waals surface area contributed by atoms with Gasteiger partial charge in [0.15, 0.2) is 0 Å². The molecule has 0 radical (unpaired) electrons. The van der Waals surface area contributed by atoms with Gasteiger partial charge in [-0.25, -0.2) is 9.97 Å². The number of carbonyl (C=O) groups is 1. The van der Waals surface area contributed by atoms with Crippen molar-refractivity contribution >= 4 is 11.7 Å². The van der Waals surface area contributed by atoms with Crippen molar-refractivity contribution in [2.75, 3.05) is 11.4 Å². The lowest BCUT2D eigenvalue weighted by atomic mass is 10.0. The number of hydrogen-bond donors (Lipinski definition) is 0. The molecule has 0 unspecified atom stereocenters. The second-order valence-electron chi connectivity index (χ2n) is 6.39. The monoisotopic (exact) mass is 391 g/mol. The van der Waals surface area contributed by atoms with Gasteiger partial charge in [0.05, 0.1) is 17.8 Å². The van der Waals surface area contributed by atoms with E-state index in [1.807, 2.05) is 6.92 Å². The topological polar surface area (TPSA) is 63.9 Å². The first-order chi connectivity index (χ1) is 13.3. The highest BCUT2D eigenvalue weighted by molar-refractivity contribution is 6.09. The number of pyridine rings is 2. The Morgan fingerprint density at radius 3 is 2.57 bits per heavy atom. The van der Waals surface area contributed by atoms with Gasteiger partial charge in [0.1, 0.15) is 11.5 Å². The highest BCUT2D eigenvalue weighted by Crippen LogP contribution is 2.33. The van der Waals surface area contributed by atoms with Crippen molar-refractivity contribution in [2.24, 2.45) is 0 Å². The van der Waals surface area contributed by atoms with Crippen LogP contribution in [0.1, 0.15) is 29.0 Å². The lowest BCUT2D eigenvalue weighted by molar-refractivity contribution is -0.137. The van der Waals surface area contributed by atoms with Gasteiger partial charge in [-0.2, -0.15) is 22.7 Å². The quantitative estimate of drug-likeness (QED) is 0.493. The molecule has 0 saturated heterocycles. The zero-order valence-corrected chi connectivity index (χ0v) is 14.5. The predicted octanol–water partition coefficient (Wildman–Crippen LogP) is 3.72. The minimum atomic E-state index is -4.51. The molecular formula is C18H13F4N5O. The van der Waals surface area contributed by atoms with Crippen LogP contribution in [0.5, 0.6) is 0 Å². The third-order valence-corrected chi connectivity index (χ3v) is 4.50. The normalized spacial score (nSPS) is 17.0. The lowest BCUT2D eigenvalue weighted by Crippen LogP contribution is -2.43. The van der Waals surface area contributed by atoms with Crippen LogP contribution in [0.25, 0.3) is 11.1 Å². The molecule has 10 heteroatoms. The zero-order valence-electron chi connectivity index (χ0n) is 14.5. The second-order valence-corrected chi connectivity index (χ2v) is 6.39. The fourth-order valence-corrected chi connectivity index (χ4v) is 3.15. The number of aromatic nitrogens is 4. The Morgan fingerprint density at radius 1 is 1.14 bits per heavy atom. The summed E-state index contributed by atoms with van der Waals surface area (Å²) >= 11 is 0. The Morgan fingerprint density at radius 2 is 1.93 bits per heavy atom. The van der Waals surface area contributed by atoms with E-state index in [4.69, 9.17) is 0 Å². The number of hydrogen-bond acceptors (Lipinski definition) is 4. The summed E-state index contributed by atoms with van der Waals surface area (Å²) in [5.74, 6) is -1.07. The number of carbonyl (C=O) groups excluding carboxylic acids is 1. The number of halogens is 4. The first-order valence-electron chi connectivity index (χ1n) is 8.30. The zero-order chi connectivity index (χ0) is 20.1. The molecular weight excluding hydrogens is 378 g/mol. The van der Waals surface area contributed by atoms with Gasteiger partial charge in [0.25, 0.3) is 5.91 Å². The summed E-state index contributed by atoms with van der Waals surface area (Å²) < 4.78 is 53.3. The number of alkyl halides is 3. The Hall–Kier alpha value is -3.30. The highest BCUT2D eigenvalue weighted by Gasteiger charge is 2.35. The molecule has 0 saturated carbocycles. The van der Waals surface area contributed by atoms with Crippen LogP contribution in [-0.4, -0.2) is 32.2 Å². The van der Waals surface area contributed by atoms with E-state index in [2.05, 4.69) is 15.1 Å². The van der Waals surface area contributed by atoms with Gasteiger partial charge < -0.3 is 0 Å². The standard InChI is InChI=1S/C18H13F4N5O/c1-10-9-26(15-3-2-12(7-24-15)18(20,21)22)17(28)16-13(8-25-27(10)16)11-4-5-23-14(19)6-11/h2-8,10H,9H2,1H3/t10-/m0/s1. The van der Waals surface area contributed by atoms with Crippen LogP contribution in [0, 0.1) is 5.95 Å². The molecule has 3 aromatic heterocycles. The van der Waals surface area contributed by atoms with Gasteiger partial charge >= 0.3 is 6.18 Å². The first kappa shape index (κ1) is 18.1.